The molecule has 0 saturated heterocycles. The number of nitrogens with zero attached hydrogens (tertiary/aromatic N) is 1. The molecule has 1 amide bonds. The SMILES string of the molecule is CC(NC(=O)C1CC1(Cl)Cl)c1nc2ccccc2[nH]1. The first kappa shape index (κ1) is 12.8. The van der Waals surface area contributed by atoms with Gasteiger partial charge in [0, 0.05) is 0 Å². The van der Waals surface area contributed by atoms with Crippen molar-refractivity contribution in [3.8, 4) is 0 Å². The number of para-hydroxylation sites is 2. The molecule has 0 radical (unpaired) electrons. The molecule has 2 atom stereocenters. The molecule has 2 aromatic rings. The molecule has 3 rings (SSSR count). The van der Waals surface area contributed by atoms with Crippen molar-refractivity contribution in [1.82, 2.24) is 15.3 Å². The number of H-pyrrole nitrogens is 1. The molecule has 1 saturated carbocycles. The lowest BCUT2D eigenvalue weighted by molar-refractivity contribution is -0.123. The van der Waals surface area contributed by atoms with Gasteiger partial charge in [-0.25, -0.2) is 4.98 Å². The van der Waals surface area contributed by atoms with Crippen LogP contribution in [0.4, 0.5) is 0 Å². The number of aromatic nitrogens is 2. The average molecular weight is 298 g/mol. The van der Waals surface area contributed by atoms with E-state index < -0.39 is 4.33 Å². The number of benzene rings is 1. The van der Waals surface area contributed by atoms with Crippen LogP contribution in [0.3, 0.4) is 0 Å². The highest BCUT2D eigenvalue weighted by Crippen LogP contribution is 2.53. The van der Waals surface area contributed by atoms with Gasteiger partial charge in [0.25, 0.3) is 0 Å². The van der Waals surface area contributed by atoms with E-state index in [1.54, 1.807) is 0 Å². The third-order valence-corrected chi connectivity index (χ3v) is 4.15. The molecule has 0 spiro atoms. The van der Waals surface area contributed by atoms with Gasteiger partial charge in [-0.1, -0.05) is 12.1 Å². The fraction of sp³-hybridized carbons (Fsp3) is 0.385. The third kappa shape index (κ3) is 2.42. The molecule has 19 heavy (non-hydrogen) atoms. The Kier molecular flexibility index (Phi) is 2.95. The van der Waals surface area contributed by atoms with Gasteiger partial charge in [0.05, 0.1) is 23.0 Å². The fourth-order valence-corrected chi connectivity index (χ4v) is 2.56. The topological polar surface area (TPSA) is 57.8 Å². The Morgan fingerprint density at radius 1 is 1.53 bits per heavy atom. The monoisotopic (exact) mass is 297 g/mol. The van der Waals surface area contributed by atoms with Gasteiger partial charge in [-0.3, -0.25) is 4.79 Å². The minimum absolute atomic E-state index is 0.127. The van der Waals surface area contributed by atoms with E-state index in [-0.39, 0.29) is 17.9 Å². The molecular weight excluding hydrogens is 285 g/mol. The smallest absolute Gasteiger partial charge is 0.226 e. The number of imidazole rings is 1. The summed E-state index contributed by atoms with van der Waals surface area (Å²) >= 11 is 11.8. The molecule has 100 valence electrons. The highest BCUT2D eigenvalue weighted by Gasteiger charge is 2.56. The van der Waals surface area contributed by atoms with Gasteiger partial charge in [-0.05, 0) is 25.5 Å². The first-order valence-corrected chi connectivity index (χ1v) is 6.86. The van der Waals surface area contributed by atoms with Crippen molar-refractivity contribution >= 4 is 40.1 Å². The van der Waals surface area contributed by atoms with Crippen molar-refractivity contribution in [2.75, 3.05) is 0 Å². The van der Waals surface area contributed by atoms with Crippen LogP contribution >= 0.6 is 23.2 Å². The molecule has 1 aromatic heterocycles. The summed E-state index contributed by atoms with van der Waals surface area (Å²) in [6, 6.07) is 7.53. The number of aromatic amines is 1. The molecule has 1 aromatic carbocycles. The van der Waals surface area contributed by atoms with Crippen LogP contribution in [0.2, 0.25) is 0 Å². The maximum absolute atomic E-state index is 11.9. The largest absolute Gasteiger partial charge is 0.346 e. The van der Waals surface area contributed by atoms with Crippen LogP contribution in [-0.2, 0) is 4.79 Å². The zero-order valence-corrected chi connectivity index (χ0v) is 11.8. The number of hydrogen-bond acceptors (Lipinski definition) is 2. The number of hydrogen-bond donors (Lipinski definition) is 2. The van der Waals surface area contributed by atoms with Gasteiger partial charge < -0.3 is 10.3 Å². The lowest BCUT2D eigenvalue weighted by atomic mass is 10.3. The predicted molar refractivity (Wildman–Crippen MR) is 75.2 cm³/mol. The van der Waals surface area contributed by atoms with Crippen molar-refractivity contribution < 1.29 is 4.79 Å². The number of nitrogens with one attached hydrogen (secondary N) is 2. The first-order valence-electron chi connectivity index (χ1n) is 6.10. The van der Waals surface area contributed by atoms with Gasteiger partial charge in [0.1, 0.15) is 10.2 Å². The van der Waals surface area contributed by atoms with E-state index in [1.807, 2.05) is 31.2 Å². The number of fused-ring (bicyclic) bond motifs is 1. The van der Waals surface area contributed by atoms with Crippen molar-refractivity contribution in [3.63, 3.8) is 0 Å². The van der Waals surface area contributed by atoms with E-state index in [0.717, 1.165) is 16.9 Å². The maximum atomic E-state index is 11.9. The number of halogens is 2. The van der Waals surface area contributed by atoms with Crippen LogP contribution in [-0.4, -0.2) is 20.2 Å². The normalized spacial score (nSPS) is 22.2. The molecule has 4 nitrogen and oxygen atoms in total. The number of amides is 1. The quantitative estimate of drug-likeness (QED) is 0.856. The predicted octanol–water partition coefficient (Wildman–Crippen LogP) is 2.93. The summed E-state index contributed by atoms with van der Waals surface area (Å²) in [5.74, 6) is 0.283. The molecule has 0 bridgehead atoms. The molecule has 1 aliphatic carbocycles. The highest BCUT2D eigenvalue weighted by atomic mass is 35.5. The van der Waals surface area contributed by atoms with Gasteiger partial charge >= 0.3 is 0 Å². The van der Waals surface area contributed by atoms with Gasteiger partial charge in [-0.15, -0.1) is 23.2 Å². The molecule has 2 N–H and O–H groups in total. The Bertz CT molecular complexity index is 605. The van der Waals surface area contributed by atoms with Gasteiger partial charge in [0.15, 0.2) is 0 Å². The molecule has 1 heterocycles. The van der Waals surface area contributed by atoms with E-state index >= 15 is 0 Å². The zero-order valence-electron chi connectivity index (χ0n) is 10.3. The fourth-order valence-electron chi connectivity index (χ4n) is 2.06. The Balaban J connectivity index is 1.73. The van der Waals surface area contributed by atoms with Crippen molar-refractivity contribution in [2.45, 2.75) is 23.7 Å². The van der Waals surface area contributed by atoms with Crippen LogP contribution in [0.25, 0.3) is 11.0 Å². The summed E-state index contributed by atoms with van der Waals surface area (Å²) in [5.41, 5.74) is 1.84. The molecule has 6 heteroatoms. The standard InChI is InChI=1S/C13H13Cl2N3O/c1-7(16-12(19)8-6-13(8,14)15)11-17-9-4-2-3-5-10(9)18-11/h2-5,7-8H,6H2,1H3,(H,16,19)(H,17,18). The van der Waals surface area contributed by atoms with E-state index in [2.05, 4.69) is 15.3 Å². The summed E-state index contributed by atoms with van der Waals surface area (Å²) in [5, 5.41) is 2.87. The summed E-state index contributed by atoms with van der Waals surface area (Å²) in [7, 11) is 0. The van der Waals surface area contributed by atoms with E-state index in [4.69, 9.17) is 23.2 Å². The second-order valence-electron chi connectivity index (χ2n) is 4.89. The minimum atomic E-state index is -0.891. The molecule has 2 unspecified atom stereocenters. The Morgan fingerprint density at radius 2 is 2.21 bits per heavy atom. The van der Waals surface area contributed by atoms with Gasteiger partial charge in [-0.2, -0.15) is 0 Å². The summed E-state index contributed by atoms with van der Waals surface area (Å²) in [6.07, 6.45) is 0.509. The van der Waals surface area contributed by atoms with Gasteiger partial charge in [0.2, 0.25) is 5.91 Å². The molecule has 0 aliphatic heterocycles. The Hall–Kier alpha value is -1.26. The van der Waals surface area contributed by atoms with Crippen molar-refractivity contribution in [1.29, 1.82) is 0 Å². The summed E-state index contributed by atoms with van der Waals surface area (Å²) in [6.45, 7) is 1.88. The van der Waals surface area contributed by atoms with E-state index in [9.17, 15) is 4.79 Å². The van der Waals surface area contributed by atoms with E-state index in [1.165, 1.54) is 0 Å². The average Bonchev–Trinajstić information content (AvgIpc) is 2.84. The Labute approximate surface area is 120 Å². The lowest BCUT2D eigenvalue weighted by Gasteiger charge is -2.11. The Morgan fingerprint density at radius 3 is 2.84 bits per heavy atom. The molecular formula is C13H13Cl2N3O. The van der Waals surface area contributed by atoms with E-state index in [0.29, 0.717) is 6.42 Å². The molecule has 1 aliphatic rings. The highest BCUT2D eigenvalue weighted by molar-refractivity contribution is 6.52. The minimum Gasteiger partial charge on any atom is -0.346 e. The number of carbonyl (C=O) groups is 1. The van der Waals surface area contributed by atoms with Crippen LogP contribution in [0, 0.1) is 5.92 Å². The van der Waals surface area contributed by atoms with Crippen LogP contribution in [0.15, 0.2) is 24.3 Å². The number of alkyl halides is 2. The third-order valence-electron chi connectivity index (χ3n) is 3.32. The summed E-state index contributed by atoms with van der Waals surface area (Å²) in [4.78, 5) is 19.5. The first-order chi connectivity index (χ1) is 8.97. The van der Waals surface area contributed by atoms with Crippen molar-refractivity contribution in [2.24, 2.45) is 5.92 Å². The molecule has 1 fully saturated rings. The zero-order chi connectivity index (χ0) is 13.6. The number of rotatable bonds is 3. The van der Waals surface area contributed by atoms with Crippen LogP contribution < -0.4 is 5.32 Å². The van der Waals surface area contributed by atoms with Crippen molar-refractivity contribution in [3.05, 3.63) is 30.1 Å². The second kappa shape index (κ2) is 4.39. The number of carbonyl (C=O) groups excluding carboxylic acids is 1. The lowest BCUT2D eigenvalue weighted by Crippen LogP contribution is -2.30. The van der Waals surface area contributed by atoms with Crippen LogP contribution in [0.5, 0.6) is 0 Å². The maximum Gasteiger partial charge on any atom is 0.226 e. The van der Waals surface area contributed by atoms with Crippen LogP contribution in [0.1, 0.15) is 25.2 Å². The summed E-state index contributed by atoms with van der Waals surface area (Å²) < 4.78 is -0.891. The second-order valence-corrected chi connectivity index (χ2v) is 6.43.